The molecule has 2 rings (SSSR count). The van der Waals surface area contributed by atoms with E-state index in [9.17, 15) is 31.2 Å². The molecule has 0 spiro atoms. The van der Waals surface area contributed by atoms with Crippen molar-refractivity contribution in [2.45, 2.75) is 38.4 Å². The fraction of sp³-hybridized carbons (Fsp3) is 0.625. The maximum Gasteiger partial charge on any atom is 0.422 e. The molecular formula is C16H22F3N3O6S. The van der Waals surface area contributed by atoms with Gasteiger partial charge in [-0.05, 0) is 19.8 Å². The van der Waals surface area contributed by atoms with Crippen LogP contribution >= 0.6 is 0 Å². The smallest absolute Gasteiger partial charge is 0.422 e. The molecule has 2 heterocycles. The Morgan fingerprint density at radius 2 is 2.03 bits per heavy atom. The molecule has 1 aliphatic heterocycles. The number of unbranched alkanes of at least 4 members (excludes halogenated alkanes) is 2. The van der Waals surface area contributed by atoms with E-state index in [-0.39, 0.29) is 24.2 Å². The summed E-state index contributed by atoms with van der Waals surface area (Å²) in [6, 6.07) is 0.0320. The first-order valence-electron chi connectivity index (χ1n) is 8.82. The van der Waals surface area contributed by atoms with Crippen molar-refractivity contribution in [2.75, 3.05) is 25.4 Å². The molecule has 164 valence electrons. The largest absolute Gasteiger partial charge is 0.455 e. The van der Waals surface area contributed by atoms with E-state index in [0.29, 0.717) is 31.4 Å². The number of nitrogens with one attached hydrogen (secondary N) is 2. The van der Waals surface area contributed by atoms with E-state index in [2.05, 4.69) is 14.8 Å². The Morgan fingerprint density at radius 1 is 1.31 bits per heavy atom. The lowest BCUT2D eigenvalue weighted by molar-refractivity contribution is -0.156. The van der Waals surface area contributed by atoms with Gasteiger partial charge in [-0.3, -0.25) is 10.1 Å². The molecule has 0 bridgehead atoms. The first kappa shape index (κ1) is 23.0. The summed E-state index contributed by atoms with van der Waals surface area (Å²) in [5.74, 6) is -0.868. The zero-order valence-electron chi connectivity index (χ0n) is 15.6. The van der Waals surface area contributed by atoms with Crippen LogP contribution in [0.1, 0.15) is 37.8 Å². The Kier molecular flexibility index (Phi) is 7.52. The molecule has 0 radical (unpaired) electrons. The van der Waals surface area contributed by atoms with Crippen molar-refractivity contribution < 1.29 is 40.3 Å². The number of carbonyl (C=O) groups is 2. The topological polar surface area (TPSA) is 118 Å². The molecule has 1 aliphatic rings. The number of hydrogen-bond acceptors (Lipinski definition) is 6. The summed E-state index contributed by atoms with van der Waals surface area (Å²) in [6.07, 6.45) is -1.95. The summed E-state index contributed by atoms with van der Waals surface area (Å²) in [5, 5.41) is 2.16. The first-order chi connectivity index (χ1) is 13.5. The molecule has 2 N–H and O–H groups in total. The Hall–Kier alpha value is -2.28. The number of ether oxygens (including phenoxy) is 1. The van der Waals surface area contributed by atoms with E-state index in [4.69, 9.17) is 4.42 Å². The number of sulfonamides is 1. The number of amides is 3. The highest BCUT2D eigenvalue weighted by atomic mass is 32.2. The van der Waals surface area contributed by atoms with Crippen molar-refractivity contribution in [1.29, 1.82) is 0 Å². The molecule has 0 unspecified atom stereocenters. The van der Waals surface area contributed by atoms with Gasteiger partial charge in [-0.1, -0.05) is 6.42 Å². The van der Waals surface area contributed by atoms with Gasteiger partial charge in [-0.25, -0.2) is 17.9 Å². The van der Waals surface area contributed by atoms with Crippen molar-refractivity contribution >= 4 is 22.0 Å². The maximum atomic E-state index is 12.2. The Morgan fingerprint density at radius 3 is 2.66 bits per heavy atom. The second-order valence-electron chi connectivity index (χ2n) is 6.60. The summed E-state index contributed by atoms with van der Waals surface area (Å²) in [4.78, 5) is 23.8. The number of halogens is 3. The lowest BCUT2D eigenvalue weighted by Gasteiger charge is -2.14. The lowest BCUT2D eigenvalue weighted by Crippen LogP contribution is -2.30. The van der Waals surface area contributed by atoms with Crippen molar-refractivity contribution in [3.8, 4) is 5.95 Å². The highest BCUT2D eigenvalue weighted by Crippen LogP contribution is 2.24. The van der Waals surface area contributed by atoms with Gasteiger partial charge < -0.3 is 14.1 Å². The fourth-order valence-electron chi connectivity index (χ4n) is 2.62. The summed E-state index contributed by atoms with van der Waals surface area (Å²) in [7, 11) is -3.63. The van der Waals surface area contributed by atoms with E-state index < -0.39 is 34.9 Å². The van der Waals surface area contributed by atoms with Crippen molar-refractivity contribution in [3.05, 3.63) is 17.9 Å². The van der Waals surface area contributed by atoms with E-state index in [1.807, 2.05) is 0 Å². The lowest BCUT2D eigenvalue weighted by atomic mass is 10.2. The zero-order valence-corrected chi connectivity index (χ0v) is 16.4. The summed E-state index contributed by atoms with van der Waals surface area (Å²) >= 11 is 0. The summed E-state index contributed by atoms with van der Waals surface area (Å²) < 4.78 is 72.4. The molecule has 1 aromatic heterocycles. The standard InChI is InChI=1S/C16H22F3N3O6S/c1-11(12-7-14(27-9-12)28-10-16(17,18)19)21-29(25,26)6-4-2-3-5-22-8-13(23)20-15(22)24/h7,9,11,21H,2-6,8,10H2,1H3,(H,20,23,24)/t11-/m1/s1. The van der Waals surface area contributed by atoms with Crippen molar-refractivity contribution in [2.24, 2.45) is 0 Å². The maximum absolute atomic E-state index is 12.2. The predicted molar refractivity (Wildman–Crippen MR) is 94.6 cm³/mol. The van der Waals surface area contributed by atoms with Crippen LogP contribution in [0, 0.1) is 0 Å². The first-order valence-corrected chi connectivity index (χ1v) is 10.5. The zero-order chi connectivity index (χ0) is 21.7. The number of rotatable bonds is 11. The molecule has 3 amide bonds. The number of urea groups is 1. The second-order valence-corrected chi connectivity index (χ2v) is 8.47. The van der Waals surface area contributed by atoms with Crippen LogP contribution in [0.5, 0.6) is 5.95 Å². The van der Waals surface area contributed by atoms with Gasteiger partial charge >= 0.3 is 12.2 Å². The Balaban J connectivity index is 1.71. The number of alkyl halides is 3. The van der Waals surface area contributed by atoms with Crippen LogP contribution in [0.25, 0.3) is 0 Å². The fourth-order valence-corrected chi connectivity index (χ4v) is 3.99. The molecule has 1 aromatic rings. The van der Waals surface area contributed by atoms with Crippen LogP contribution in [0.4, 0.5) is 18.0 Å². The number of imide groups is 1. The van der Waals surface area contributed by atoms with Crippen LogP contribution in [0.15, 0.2) is 16.7 Å². The number of carbonyl (C=O) groups excluding carboxylic acids is 2. The molecule has 1 saturated heterocycles. The molecule has 0 saturated carbocycles. The van der Waals surface area contributed by atoms with Crippen LogP contribution in [0.2, 0.25) is 0 Å². The number of furan rings is 1. The normalized spacial score (nSPS) is 16.2. The van der Waals surface area contributed by atoms with Gasteiger partial charge in [0.1, 0.15) is 6.54 Å². The molecule has 0 aliphatic carbocycles. The molecule has 13 heteroatoms. The molecule has 0 aromatic carbocycles. The van der Waals surface area contributed by atoms with Gasteiger partial charge in [0.2, 0.25) is 15.9 Å². The number of nitrogens with zero attached hydrogens (tertiary/aromatic N) is 1. The molecule has 29 heavy (non-hydrogen) atoms. The number of hydrogen-bond donors (Lipinski definition) is 2. The minimum atomic E-state index is -4.51. The second kappa shape index (κ2) is 9.48. The monoisotopic (exact) mass is 441 g/mol. The van der Waals surface area contributed by atoms with Gasteiger partial charge in [0.05, 0.1) is 12.0 Å². The molecule has 1 atom stereocenters. The average Bonchev–Trinajstić information content (AvgIpc) is 3.18. The van der Waals surface area contributed by atoms with Crippen LogP contribution in [0.3, 0.4) is 0 Å². The average molecular weight is 441 g/mol. The van der Waals surface area contributed by atoms with E-state index in [1.54, 1.807) is 0 Å². The third-order valence-electron chi connectivity index (χ3n) is 4.04. The highest BCUT2D eigenvalue weighted by molar-refractivity contribution is 7.89. The van der Waals surface area contributed by atoms with Gasteiger partial charge in [-0.15, -0.1) is 0 Å². The summed E-state index contributed by atoms with van der Waals surface area (Å²) in [6.45, 7) is 0.388. The van der Waals surface area contributed by atoms with Crippen molar-refractivity contribution in [1.82, 2.24) is 14.9 Å². The molecule has 9 nitrogen and oxygen atoms in total. The van der Waals surface area contributed by atoms with E-state index in [0.717, 1.165) is 6.26 Å². The van der Waals surface area contributed by atoms with Crippen molar-refractivity contribution in [3.63, 3.8) is 0 Å². The van der Waals surface area contributed by atoms with Crippen LogP contribution in [-0.2, 0) is 14.8 Å². The highest BCUT2D eigenvalue weighted by Gasteiger charge is 2.29. The van der Waals surface area contributed by atoms with Gasteiger partial charge in [0.25, 0.3) is 5.95 Å². The Labute approximate surface area is 165 Å². The third-order valence-corrected chi connectivity index (χ3v) is 5.58. The van der Waals surface area contributed by atoms with Gasteiger partial charge in [0.15, 0.2) is 6.61 Å². The molecule has 1 fully saturated rings. The minimum absolute atomic E-state index is 0.00950. The minimum Gasteiger partial charge on any atom is -0.455 e. The van der Waals surface area contributed by atoms with E-state index in [1.165, 1.54) is 17.9 Å². The molecular weight excluding hydrogens is 419 g/mol. The van der Waals surface area contributed by atoms with Gasteiger partial charge in [-0.2, -0.15) is 13.2 Å². The van der Waals surface area contributed by atoms with Gasteiger partial charge in [0, 0.05) is 24.2 Å². The van der Waals surface area contributed by atoms with E-state index >= 15 is 0 Å². The summed E-state index contributed by atoms with van der Waals surface area (Å²) in [5.41, 5.74) is 0.329. The van der Waals surface area contributed by atoms with Crippen LogP contribution in [-0.4, -0.2) is 56.9 Å². The third kappa shape index (κ3) is 7.93. The Bertz CT molecular complexity index is 824. The quantitative estimate of drug-likeness (QED) is 0.400. The predicted octanol–water partition coefficient (Wildman–Crippen LogP) is 1.92. The SMILES string of the molecule is C[C@@H](NS(=O)(=O)CCCCCN1CC(=O)NC1=O)c1coc(OCC(F)(F)F)c1. The van der Waals surface area contributed by atoms with Crippen LogP contribution < -0.4 is 14.8 Å².